The highest BCUT2D eigenvalue weighted by Crippen LogP contribution is 2.42. The maximum atomic E-state index is 13.6. The van der Waals surface area contributed by atoms with Gasteiger partial charge in [0.25, 0.3) is 0 Å². The molecule has 2 atom stereocenters. The van der Waals surface area contributed by atoms with E-state index in [2.05, 4.69) is 29.2 Å². The van der Waals surface area contributed by atoms with Crippen LogP contribution in [0.15, 0.2) is 60.7 Å². The summed E-state index contributed by atoms with van der Waals surface area (Å²) >= 11 is 0. The largest absolute Gasteiger partial charge is 0.438 e. The third-order valence-electron chi connectivity index (χ3n) is 6.64. The first-order valence-electron chi connectivity index (χ1n) is 12.0. The van der Waals surface area contributed by atoms with Gasteiger partial charge < -0.3 is 14.7 Å². The lowest BCUT2D eigenvalue weighted by atomic mass is 9.80. The summed E-state index contributed by atoms with van der Waals surface area (Å²) < 4.78 is 19.6. The average Bonchev–Trinajstić information content (AvgIpc) is 2.77. The summed E-state index contributed by atoms with van der Waals surface area (Å²) in [5, 5.41) is 10.6. The molecule has 0 spiro atoms. The Bertz CT molecular complexity index is 1180. The molecule has 6 heteroatoms. The first kappa shape index (κ1) is 24.9. The molecule has 3 aromatic rings. The maximum Gasteiger partial charge on any atom is 0.411 e. The molecular formula is C29H33FN2O3. The summed E-state index contributed by atoms with van der Waals surface area (Å²) in [7, 11) is 0. The number of halogens is 1. The number of amides is 1. The van der Waals surface area contributed by atoms with Crippen LogP contribution in [0.25, 0.3) is 11.1 Å². The second-order valence-electron chi connectivity index (χ2n) is 10.2. The number of hydrogen-bond donors (Lipinski definition) is 1. The number of rotatable bonds is 6. The van der Waals surface area contributed by atoms with Gasteiger partial charge in [0.05, 0.1) is 11.6 Å². The van der Waals surface area contributed by atoms with Gasteiger partial charge in [-0.05, 0) is 81.1 Å². The van der Waals surface area contributed by atoms with Crippen molar-refractivity contribution >= 4 is 6.09 Å². The van der Waals surface area contributed by atoms with Gasteiger partial charge in [0.1, 0.15) is 11.4 Å². The summed E-state index contributed by atoms with van der Waals surface area (Å²) in [6, 6.07) is 18.1. The zero-order valence-electron chi connectivity index (χ0n) is 21.0. The van der Waals surface area contributed by atoms with Crippen LogP contribution in [0.4, 0.5) is 9.18 Å². The van der Waals surface area contributed by atoms with Crippen LogP contribution in [0.5, 0.6) is 0 Å². The van der Waals surface area contributed by atoms with E-state index in [1.807, 2.05) is 32.9 Å². The summed E-state index contributed by atoms with van der Waals surface area (Å²) in [4.78, 5) is 19.4. The Hall–Kier alpha value is -3.25. The van der Waals surface area contributed by atoms with Crippen molar-refractivity contribution in [2.75, 3.05) is 6.54 Å². The number of hydrogen-bond acceptors (Lipinski definition) is 4. The molecule has 35 heavy (non-hydrogen) atoms. The van der Waals surface area contributed by atoms with Gasteiger partial charge in [-0.2, -0.15) is 0 Å². The monoisotopic (exact) mass is 476 g/mol. The van der Waals surface area contributed by atoms with Gasteiger partial charge in [-0.15, -0.1) is 0 Å². The van der Waals surface area contributed by atoms with Crippen LogP contribution in [0.1, 0.15) is 62.2 Å². The predicted octanol–water partition coefficient (Wildman–Crippen LogP) is 6.46. The van der Waals surface area contributed by atoms with E-state index < -0.39 is 17.3 Å². The van der Waals surface area contributed by atoms with Crippen LogP contribution >= 0.6 is 0 Å². The Labute approximate surface area is 206 Å². The van der Waals surface area contributed by atoms with Gasteiger partial charge >= 0.3 is 6.09 Å². The van der Waals surface area contributed by atoms with Crippen LogP contribution in [0, 0.1) is 19.7 Å². The van der Waals surface area contributed by atoms with Crippen LogP contribution in [-0.4, -0.2) is 33.2 Å². The second kappa shape index (κ2) is 9.42. The molecule has 0 saturated carbocycles. The molecule has 5 nitrogen and oxygen atoms in total. The Morgan fingerprint density at radius 1 is 1.06 bits per heavy atom. The number of aryl methyl sites for hydroxylation is 2. The fourth-order valence-corrected chi connectivity index (χ4v) is 5.04. The van der Waals surface area contributed by atoms with Crippen molar-refractivity contribution in [3.05, 3.63) is 89.0 Å². The molecule has 1 fully saturated rings. The minimum atomic E-state index is -1.07. The lowest BCUT2D eigenvalue weighted by molar-refractivity contribution is -0.101. The number of carbonyl (C=O) groups excluding carboxylic acids is 1. The molecule has 2 aromatic carbocycles. The Morgan fingerprint density at radius 3 is 2.20 bits per heavy atom. The molecule has 2 heterocycles. The van der Waals surface area contributed by atoms with Crippen molar-refractivity contribution in [2.45, 2.75) is 64.7 Å². The third kappa shape index (κ3) is 5.54. The van der Waals surface area contributed by atoms with Crippen LogP contribution < -0.4 is 0 Å². The molecule has 184 valence electrons. The molecule has 4 rings (SSSR count). The number of cyclic esters (lactones) is 1. The number of aromatic nitrogens is 1. The summed E-state index contributed by atoms with van der Waals surface area (Å²) in [5.41, 5.74) is 3.77. The normalized spacial score (nSPS) is 19.4. The van der Waals surface area contributed by atoms with Gasteiger partial charge in [-0.3, -0.25) is 4.98 Å². The zero-order valence-corrected chi connectivity index (χ0v) is 21.0. The van der Waals surface area contributed by atoms with Gasteiger partial charge in [0.15, 0.2) is 0 Å². The van der Waals surface area contributed by atoms with E-state index in [1.54, 1.807) is 30.9 Å². The molecule has 1 N–H and O–H groups in total. The minimum absolute atomic E-state index is 0.189. The van der Waals surface area contributed by atoms with E-state index in [9.17, 15) is 14.3 Å². The fourth-order valence-electron chi connectivity index (χ4n) is 5.04. The average molecular weight is 477 g/mol. The number of pyridine rings is 1. The Kier molecular flexibility index (Phi) is 6.69. The highest BCUT2D eigenvalue weighted by Gasteiger charge is 2.46. The molecule has 0 radical (unpaired) electrons. The van der Waals surface area contributed by atoms with E-state index in [4.69, 9.17) is 4.74 Å². The summed E-state index contributed by atoms with van der Waals surface area (Å²) in [5.74, 6) is -0.356. The van der Waals surface area contributed by atoms with Crippen molar-refractivity contribution in [1.29, 1.82) is 0 Å². The lowest BCUT2D eigenvalue weighted by Gasteiger charge is -2.45. The van der Waals surface area contributed by atoms with Gasteiger partial charge in [0.2, 0.25) is 0 Å². The molecule has 0 aliphatic carbocycles. The van der Waals surface area contributed by atoms with Crippen LogP contribution in [-0.2, 0) is 10.3 Å². The Morgan fingerprint density at radius 2 is 1.66 bits per heavy atom. The maximum absolute atomic E-state index is 13.6. The molecular weight excluding hydrogens is 443 g/mol. The number of aliphatic hydroxyl groups is 1. The van der Waals surface area contributed by atoms with Gasteiger partial charge in [0, 0.05) is 30.8 Å². The van der Waals surface area contributed by atoms with E-state index in [0.717, 1.165) is 28.1 Å². The summed E-state index contributed by atoms with van der Waals surface area (Å²) in [6.07, 6.45) is 0.271. The molecule has 0 bridgehead atoms. The van der Waals surface area contributed by atoms with E-state index in [-0.39, 0.29) is 18.3 Å². The quantitative estimate of drug-likeness (QED) is 0.443. The van der Waals surface area contributed by atoms with Gasteiger partial charge in [-0.1, -0.05) is 36.4 Å². The highest BCUT2D eigenvalue weighted by molar-refractivity contribution is 5.70. The van der Waals surface area contributed by atoms with Crippen molar-refractivity contribution in [3.63, 3.8) is 0 Å². The predicted molar refractivity (Wildman–Crippen MR) is 134 cm³/mol. The van der Waals surface area contributed by atoms with Crippen molar-refractivity contribution in [1.82, 2.24) is 9.88 Å². The summed E-state index contributed by atoms with van der Waals surface area (Å²) in [6.45, 7) is 9.79. The molecule has 1 amide bonds. The van der Waals surface area contributed by atoms with E-state index in [1.165, 1.54) is 12.1 Å². The zero-order chi connectivity index (χ0) is 25.4. The fraction of sp³-hybridized carbons (Fsp3) is 0.379. The third-order valence-corrected chi connectivity index (χ3v) is 6.64. The van der Waals surface area contributed by atoms with E-state index >= 15 is 0 Å². The lowest BCUT2D eigenvalue weighted by Crippen LogP contribution is -2.51. The SMILES string of the molecule is Cc1cc(-c2ccc([C@H](C)N3CCC(CC(C)(C)O)(c4ccc(F)cc4)OC3=O)cc2)cc(C)n1. The first-order chi connectivity index (χ1) is 16.5. The Balaban J connectivity index is 1.55. The molecule has 1 saturated heterocycles. The minimum Gasteiger partial charge on any atom is -0.438 e. The van der Waals surface area contributed by atoms with Crippen molar-refractivity contribution in [2.24, 2.45) is 0 Å². The van der Waals surface area contributed by atoms with E-state index in [0.29, 0.717) is 18.5 Å². The first-order valence-corrected chi connectivity index (χ1v) is 12.0. The standard InChI is InChI=1S/C29H33FN2O3/c1-19-16-24(17-20(2)31-19)23-8-6-22(7-9-23)21(3)32-15-14-29(35-27(32)33,18-28(4,5)34)25-10-12-26(30)13-11-25/h6-13,16-17,21,34H,14-15,18H2,1-5H3/t21-,29?/m0/s1. The molecule has 1 aromatic heterocycles. The molecule has 1 aliphatic heterocycles. The highest BCUT2D eigenvalue weighted by atomic mass is 19.1. The molecule has 1 aliphatic rings. The number of benzene rings is 2. The number of carbonyl (C=O) groups is 1. The topological polar surface area (TPSA) is 62.7 Å². The van der Waals surface area contributed by atoms with Crippen molar-refractivity contribution in [3.8, 4) is 11.1 Å². The van der Waals surface area contributed by atoms with Crippen molar-refractivity contribution < 1.29 is 19.0 Å². The second-order valence-corrected chi connectivity index (χ2v) is 10.2. The van der Waals surface area contributed by atoms with Crippen LogP contribution in [0.3, 0.4) is 0 Å². The smallest absolute Gasteiger partial charge is 0.411 e. The van der Waals surface area contributed by atoms with Crippen LogP contribution in [0.2, 0.25) is 0 Å². The molecule has 1 unspecified atom stereocenters. The number of nitrogens with zero attached hydrogens (tertiary/aromatic N) is 2. The van der Waals surface area contributed by atoms with Gasteiger partial charge in [-0.25, -0.2) is 9.18 Å². The number of ether oxygens (including phenoxy) is 1.